The van der Waals surface area contributed by atoms with Crippen LogP contribution in [0.4, 0.5) is 0 Å². The minimum atomic E-state index is 0.424. The lowest BCUT2D eigenvalue weighted by atomic mass is 10.1. The van der Waals surface area contributed by atoms with E-state index in [2.05, 4.69) is 50.2 Å². The predicted octanol–water partition coefficient (Wildman–Crippen LogP) is 3.30. The normalized spacial score (nSPS) is 16.3. The second-order valence-corrected chi connectivity index (χ2v) is 7.73. The second-order valence-electron chi connectivity index (χ2n) is 6.75. The molecule has 1 aromatic heterocycles. The summed E-state index contributed by atoms with van der Waals surface area (Å²) < 4.78 is 5.21. The molecule has 0 saturated carbocycles. The number of likely N-dealkylation sites (tertiary alicyclic amines) is 1. The summed E-state index contributed by atoms with van der Waals surface area (Å²) in [4.78, 5) is 8.40. The molecule has 146 valence electrons. The molecular formula is C21H30N4OS. The third-order valence-corrected chi connectivity index (χ3v) is 5.98. The number of thiophene rings is 1. The number of hydrogen-bond acceptors (Lipinski definition) is 4. The minimum Gasteiger partial charge on any atom is -0.497 e. The first-order valence-corrected chi connectivity index (χ1v) is 10.5. The third-order valence-electron chi connectivity index (χ3n) is 5.00. The van der Waals surface area contributed by atoms with Gasteiger partial charge in [-0.05, 0) is 61.5 Å². The third kappa shape index (κ3) is 5.71. The van der Waals surface area contributed by atoms with Gasteiger partial charge in [-0.25, -0.2) is 0 Å². The van der Waals surface area contributed by atoms with Gasteiger partial charge in [0.2, 0.25) is 0 Å². The fraction of sp³-hybridized carbons (Fsp3) is 0.476. The van der Waals surface area contributed by atoms with E-state index >= 15 is 0 Å². The van der Waals surface area contributed by atoms with E-state index in [4.69, 9.17) is 4.74 Å². The molecular weight excluding hydrogens is 356 g/mol. The molecule has 0 bridgehead atoms. The van der Waals surface area contributed by atoms with E-state index < -0.39 is 0 Å². The number of nitrogens with one attached hydrogen (secondary N) is 2. The van der Waals surface area contributed by atoms with Crippen molar-refractivity contribution in [3.05, 3.63) is 52.2 Å². The molecule has 3 rings (SSSR count). The van der Waals surface area contributed by atoms with Crippen LogP contribution in [0.1, 0.15) is 29.3 Å². The van der Waals surface area contributed by atoms with Crippen LogP contribution in [0.5, 0.6) is 5.75 Å². The van der Waals surface area contributed by atoms with Crippen LogP contribution in [0, 0.1) is 0 Å². The SMILES string of the molecule is CN=C(NCCc1ccc(OC)cc1)NCC(c1cccs1)N1CCCC1. The van der Waals surface area contributed by atoms with Gasteiger partial charge in [0.25, 0.3) is 0 Å². The van der Waals surface area contributed by atoms with Crippen molar-refractivity contribution in [3.63, 3.8) is 0 Å². The number of nitrogens with zero attached hydrogens (tertiary/aromatic N) is 2. The van der Waals surface area contributed by atoms with Gasteiger partial charge in [0.15, 0.2) is 5.96 Å². The van der Waals surface area contributed by atoms with Crippen LogP contribution < -0.4 is 15.4 Å². The van der Waals surface area contributed by atoms with Crippen molar-refractivity contribution in [2.75, 3.05) is 40.3 Å². The molecule has 2 aromatic rings. The van der Waals surface area contributed by atoms with Gasteiger partial charge in [0.05, 0.1) is 13.2 Å². The van der Waals surface area contributed by atoms with Crippen LogP contribution in [0.25, 0.3) is 0 Å². The van der Waals surface area contributed by atoms with E-state index in [9.17, 15) is 0 Å². The summed E-state index contributed by atoms with van der Waals surface area (Å²) in [5, 5.41) is 9.12. The summed E-state index contributed by atoms with van der Waals surface area (Å²) in [6, 6.07) is 13.0. The van der Waals surface area contributed by atoms with Crippen molar-refractivity contribution in [3.8, 4) is 5.75 Å². The maximum atomic E-state index is 5.21. The molecule has 2 N–H and O–H groups in total. The van der Waals surface area contributed by atoms with Crippen LogP contribution in [-0.2, 0) is 6.42 Å². The van der Waals surface area contributed by atoms with Crippen LogP contribution in [0.15, 0.2) is 46.8 Å². The maximum Gasteiger partial charge on any atom is 0.191 e. The van der Waals surface area contributed by atoms with Crippen LogP contribution in [-0.4, -0.2) is 51.2 Å². The molecule has 1 fully saturated rings. The van der Waals surface area contributed by atoms with Gasteiger partial charge in [-0.3, -0.25) is 9.89 Å². The average Bonchev–Trinajstić information content (AvgIpc) is 3.42. The molecule has 1 aromatic carbocycles. The quantitative estimate of drug-likeness (QED) is 0.540. The highest BCUT2D eigenvalue weighted by Crippen LogP contribution is 2.27. The van der Waals surface area contributed by atoms with Crippen molar-refractivity contribution in [2.45, 2.75) is 25.3 Å². The highest BCUT2D eigenvalue weighted by molar-refractivity contribution is 7.10. The Kier molecular flexibility index (Phi) is 7.54. The van der Waals surface area contributed by atoms with Gasteiger partial charge in [-0.15, -0.1) is 11.3 Å². The van der Waals surface area contributed by atoms with E-state index in [1.54, 1.807) is 7.11 Å². The van der Waals surface area contributed by atoms with Crippen molar-refractivity contribution in [2.24, 2.45) is 4.99 Å². The van der Waals surface area contributed by atoms with Crippen molar-refractivity contribution in [1.82, 2.24) is 15.5 Å². The first-order chi connectivity index (χ1) is 13.3. The zero-order valence-corrected chi connectivity index (χ0v) is 17.1. The molecule has 1 saturated heterocycles. The van der Waals surface area contributed by atoms with Gasteiger partial charge < -0.3 is 15.4 Å². The topological polar surface area (TPSA) is 48.9 Å². The molecule has 1 aliphatic heterocycles. The standard InChI is InChI=1S/C21H30N4OS/c1-22-21(23-12-11-17-7-9-18(26-2)10-8-17)24-16-19(20-6-5-15-27-20)25-13-3-4-14-25/h5-10,15,19H,3-4,11-14,16H2,1-2H3,(H2,22,23,24). The Morgan fingerprint density at radius 1 is 1.19 bits per heavy atom. The lowest BCUT2D eigenvalue weighted by Crippen LogP contribution is -2.43. The summed E-state index contributed by atoms with van der Waals surface area (Å²) in [5.41, 5.74) is 1.28. The molecule has 0 spiro atoms. The molecule has 27 heavy (non-hydrogen) atoms. The lowest BCUT2D eigenvalue weighted by Gasteiger charge is -2.27. The number of ether oxygens (including phenoxy) is 1. The minimum absolute atomic E-state index is 0.424. The van der Waals surface area contributed by atoms with Crippen molar-refractivity contribution in [1.29, 1.82) is 0 Å². The summed E-state index contributed by atoms with van der Waals surface area (Å²) in [6.45, 7) is 4.10. The van der Waals surface area contributed by atoms with Gasteiger partial charge in [0, 0.05) is 25.0 Å². The highest BCUT2D eigenvalue weighted by Gasteiger charge is 2.24. The molecule has 0 amide bonds. The fourth-order valence-corrected chi connectivity index (χ4v) is 4.34. The fourth-order valence-electron chi connectivity index (χ4n) is 3.48. The first-order valence-electron chi connectivity index (χ1n) is 9.65. The lowest BCUT2D eigenvalue weighted by molar-refractivity contribution is 0.249. The van der Waals surface area contributed by atoms with E-state index in [1.165, 1.54) is 36.4 Å². The zero-order valence-electron chi connectivity index (χ0n) is 16.3. The highest BCUT2D eigenvalue weighted by atomic mass is 32.1. The van der Waals surface area contributed by atoms with Crippen molar-refractivity contribution < 1.29 is 4.74 Å². The Morgan fingerprint density at radius 2 is 1.96 bits per heavy atom. The predicted molar refractivity (Wildman–Crippen MR) is 114 cm³/mol. The smallest absolute Gasteiger partial charge is 0.191 e. The number of benzene rings is 1. The zero-order chi connectivity index (χ0) is 18.9. The largest absolute Gasteiger partial charge is 0.497 e. The number of aliphatic imine (C=N–C) groups is 1. The number of guanidine groups is 1. The summed E-state index contributed by atoms with van der Waals surface area (Å²) >= 11 is 1.84. The van der Waals surface area contributed by atoms with Gasteiger partial charge >= 0.3 is 0 Å². The Labute approximate surface area is 166 Å². The summed E-state index contributed by atoms with van der Waals surface area (Å²) in [5.74, 6) is 1.76. The molecule has 5 nitrogen and oxygen atoms in total. The van der Waals surface area contributed by atoms with Gasteiger partial charge in [-0.1, -0.05) is 18.2 Å². The number of rotatable bonds is 8. The van der Waals surface area contributed by atoms with E-state index in [0.29, 0.717) is 6.04 Å². The first kappa shape index (κ1) is 19.7. The molecule has 2 heterocycles. The Bertz CT molecular complexity index is 693. The van der Waals surface area contributed by atoms with E-state index in [0.717, 1.165) is 31.2 Å². The molecule has 1 unspecified atom stereocenters. The van der Waals surface area contributed by atoms with Crippen LogP contribution >= 0.6 is 11.3 Å². The molecule has 1 atom stereocenters. The second kappa shape index (κ2) is 10.3. The Hall–Kier alpha value is -2.05. The molecule has 1 aliphatic rings. The van der Waals surface area contributed by atoms with Crippen molar-refractivity contribution >= 4 is 17.3 Å². The summed E-state index contributed by atoms with van der Waals surface area (Å²) in [7, 11) is 3.52. The summed E-state index contributed by atoms with van der Waals surface area (Å²) in [6.07, 6.45) is 3.55. The van der Waals surface area contributed by atoms with Gasteiger partial charge in [0.1, 0.15) is 5.75 Å². The molecule has 0 aliphatic carbocycles. The monoisotopic (exact) mass is 386 g/mol. The molecule has 0 radical (unpaired) electrons. The molecule has 6 heteroatoms. The average molecular weight is 387 g/mol. The van der Waals surface area contributed by atoms with Crippen LogP contribution in [0.3, 0.4) is 0 Å². The van der Waals surface area contributed by atoms with Gasteiger partial charge in [-0.2, -0.15) is 0 Å². The van der Waals surface area contributed by atoms with Crippen LogP contribution in [0.2, 0.25) is 0 Å². The number of methoxy groups -OCH3 is 1. The number of hydrogen-bond donors (Lipinski definition) is 2. The Morgan fingerprint density at radius 3 is 2.59 bits per heavy atom. The van der Waals surface area contributed by atoms with E-state index in [1.807, 2.05) is 30.5 Å². The maximum absolute atomic E-state index is 5.21. The van der Waals surface area contributed by atoms with E-state index in [-0.39, 0.29) is 0 Å². The Balaban J connectivity index is 1.48.